The maximum absolute atomic E-state index is 12.6. The topological polar surface area (TPSA) is 81.3 Å². The van der Waals surface area contributed by atoms with Crippen molar-refractivity contribution in [2.75, 3.05) is 26.4 Å². The molecule has 1 heterocycles. The SMILES string of the molecule is Cc1nc(N)nc(-c2ccc(OCCC(C)C)c(Br)c2)c1C(=O)N(C)C. The maximum Gasteiger partial charge on any atom is 0.257 e. The first-order valence-electron chi connectivity index (χ1n) is 8.49. The van der Waals surface area contributed by atoms with Gasteiger partial charge >= 0.3 is 0 Å². The second-order valence-corrected chi connectivity index (χ2v) is 7.62. The van der Waals surface area contributed by atoms with Crippen LogP contribution < -0.4 is 10.5 Å². The van der Waals surface area contributed by atoms with Crippen LogP contribution in [0, 0.1) is 12.8 Å². The summed E-state index contributed by atoms with van der Waals surface area (Å²) in [4.78, 5) is 22.6. The summed E-state index contributed by atoms with van der Waals surface area (Å²) in [6.07, 6.45) is 0.983. The van der Waals surface area contributed by atoms with Gasteiger partial charge in [-0.05, 0) is 53.4 Å². The van der Waals surface area contributed by atoms with Gasteiger partial charge in [-0.25, -0.2) is 9.97 Å². The van der Waals surface area contributed by atoms with Crippen LogP contribution in [-0.4, -0.2) is 41.5 Å². The number of aryl methyl sites for hydroxylation is 1. The zero-order valence-corrected chi connectivity index (χ0v) is 17.4. The number of carbonyl (C=O) groups is 1. The number of nitrogens with zero attached hydrogens (tertiary/aromatic N) is 3. The van der Waals surface area contributed by atoms with Gasteiger partial charge in [-0.2, -0.15) is 0 Å². The number of anilines is 1. The van der Waals surface area contributed by atoms with Crippen molar-refractivity contribution in [3.63, 3.8) is 0 Å². The molecule has 0 saturated heterocycles. The molecule has 7 heteroatoms. The average molecular weight is 421 g/mol. The smallest absolute Gasteiger partial charge is 0.257 e. The lowest BCUT2D eigenvalue weighted by Gasteiger charge is -2.16. The van der Waals surface area contributed by atoms with Gasteiger partial charge in [-0.3, -0.25) is 4.79 Å². The van der Waals surface area contributed by atoms with E-state index in [4.69, 9.17) is 10.5 Å². The lowest BCUT2D eigenvalue weighted by molar-refractivity contribution is 0.0827. The Morgan fingerprint density at radius 3 is 2.58 bits per heavy atom. The molecule has 2 N–H and O–H groups in total. The van der Waals surface area contributed by atoms with Gasteiger partial charge in [0, 0.05) is 19.7 Å². The van der Waals surface area contributed by atoms with Crippen molar-refractivity contribution in [2.24, 2.45) is 5.92 Å². The first-order chi connectivity index (χ1) is 12.2. The van der Waals surface area contributed by atoms with E-state index in [2.05, 4.69) is 39.7 Å². The molecule has 0 atom stereocenters. The van der Waals surface area contributed by atoms with Crippen LogP contribution in [0.3, 0.4) is 0 Å². The van der Waals surface area contributed by atoms with E-state index in [1.54, 1.807) is 21.0 Å². The molecule has 2 aromatic rings. The molecular formula is C19H25BrN4O2. The highest BCUT2D eigenvalue weighted by Gasteiger charge is 2.21. The standard InChI is InChI=1S/C19H25BrN4O2/c1-11(2)8-9-26-15-7-6-13(10-14(15)20)17-16(18(25)24(4)5)12(3)22-19(21)23-17/h6-7,10-11H,8-9H2,1-5H3,(H2,21,22,23). The molecule has 6 nitrogen and oxygen atoms in total. The summed E-state index contributed by atoms with van der Waals surface area (Å²) in [6, 6.07) is 5.64. The molecule has 0 fully saturated rings. The number of hydrogen-bond donors (Lipinski definition) is 1. The summed E-state index contributed by atoms with van der Waals surface area (Å²) in [5, 5.41) is 0. The summed E-state index contributed by atoms with van der Waals surface area (Å²) in [7, 11) is 3.40. The predicted octanol–water partition coefficient (Wildman–Crippen LogP) is 3.92. The highest BCUT2D eigenvalue weighted by atomic mass is 79.9. The Labute approximate surface area is 162 Å². The van der Waals surface area contributed by atoms with Gasteiger partial charge in [0.15, 0.2) is 0 Å². The molecule has 1 aromatic heterocycles. The first-order valence-corrected chi connectivity index (χ1v) is 9.28. The van der Waals surface area contributed by atoms with Gasteiger partial charge < -0.3 is 15.4 Å². The van der Waals surface area contributed by atoms with Crippen LogP contribution in [-0.2, 0) is 0 Å². The number of rotatable bonds is 6. The summed E-state index contributed by atoms with van der Waals surface area (Å²) in [5.74, 6) is 1.32. The summed E-state index contributed by atoms with van der Waals surface area (Å²) >= 11 is 3.54. The van der Waals surface area contributed by atoms with Gasteiger partial charge in [0.25, 0.3) is 5.91 Å². The molecule has 1 amide bonds. The lowest BCUT2D eigenvalue weighted by Crippen LogP contribution is -2.24. The van der Waals surface area contributed by atoms with Gasteiger partial charge in [0.05, 0.1) is 28.0 Å². The molecule has 1 aromatic carbocycles. The third-order valence-electron chi connectivity index (χ3n) is 3.89. The van der Waals surface area contributed by atoms with E-state index in [-0.39, 0.29) is 11.9 Å². The van der Waals surface area contributed by atoms with Crippen molar-refractivity contribution in [2.45, 2.75) is 27.2 Å². The Balaban J connectivity index is 2.42. The Morgan fingerprint density at radius 1 is 1.31 bits per heavy atom. The number of ether oxygens (including phenoxy) is 1. The molecule has 2 rings (SSSR count). The lowest BCUT2D eigenvalue weighted by atomic mass is 10.0. The molecule has 0 aliphatic rings. The molecule has 0 saturated carbocycles. The normalized spacial score (nSPS) is 10.9. The minimum Gasteiger partial charge on any atom is -0.492 e. The van der Waals surface area contributed by atoms with E-state index >= 15 is 0 Å². The molecule has 0 radical (unpaired) electrons. The van der Waals surface area contributed by atoms with E-state index in [0.717, 1.165) is 22.2 Å². The summed E-state index contributed by atoms with van der Waals surface area (Å²) in [6.45, 7) is 6.73. The number of benzene rings is 1. The first kappa shape index (κ1) is 20.2. The molecule has 140 valence electrons. The van der Waals surface area contributed by atoms with Crippen molar-refractivity contribution in [3.05, 3.63) is 33.9 Å². The number of carbonyl (C=O) groups excluding carboxylic acids is 1. The Hall–Kier alpha value is -2.15. The molecular weight excluding hydrogens is 396 g/mol. The van der Waals surface area contributed by atoms with E-state index in [9.17, 15) is 4.79 Å². The fourth-order valence-electron chi connectivity index (χ4n) is 2.45. The highest BCUT2D eigenvalue weighted by Crippen LogP contribution is 2.33. The molecule has 0 bridgehead atoms. The number of nitrogen functional groups attached to an aromatic ring is 1. The second kappa shape index (κ2) is 8.49. The largest absolute Gasteiger partial charge is 0.492 e. The Kier molecular flexibility index (Phi) is 6.58. The monoisotopic (exact) mass is 420 g/mol. The minimum absolute atomic E-state index is 0.140. The van der Waals surface area contributed by atoms with Crippen LogP contribution in [0.15, 0.2) is 22.7 Å². The third kappa shape index (κ3) is 4.72. The number of hydrogen-bond acceptors (Lipinski definition) is 5. The van der Waals surface area contributed by atoms with Crippen LogP contribution in [0.2, 0.25) is 0 Å². The average Bonchev–Trinajstić information content (AvgIpc) is 2.54. The summed E-state index contributed by atoms with van der Waals surface area (Å²) in [5.41, 5.74) is 8.11. The highest BCUT2D eigenvalue weighted by molar-refractivity contribution is 9.10. The molecule has 26 heavy (non-hydrogen) atoms. The quantitative estimate of drug-likeness (QED) is 0.765. The van der Waals surface area contributed by atoms with Crippen LogP contribution in [0.1, 0.15) is 36.3 Å². The van der Waals surface area contributed by atoms with E-state index in [1.165, 1.54) is 4.90 Å². The van der Waals surface area contributed by atoms with Crippen LogP contribution in [0.25, 0.3) is 11.3 Å². The van der Waals surface area contributed by atoms with Crippen LogP contribution in [0.5, 0.6) is 5.75 Å². The number of amides is 1. The van der Waals surface area contributed by atoms with Crippen molar-refractivity contribution >= 4 is 27.8 Å². The molecule has 0 aliphatic heterocycles. The maximum atomic E-state index is 12.6. The van der Waals surface area contributed by atoms with Gasteiger partial charge in [-0.15, -0.1) is 0 Å². The minimum atomic E-state index is -0.161. The van der Waals surface area contributed by atoms with Gasteiger partial charge in [0.1, 0.15) is 5.75 Å². The molecule has 0 aliphatic carbocycles. The summed E-state index contributed by atoms with van der Waals surface area (Å²) < 4.78 is 6.62. The van der Waals surface area contributed by atoms with Crippen molar-refractivity contribution in [1.29, 1.82) is 0 Å². The van der Waals surface area contributed by atoms with Gasteiger partial charge in [0.2, 0.25) is 5.95 Å². The van der Waals surface area contributed by atoms with Crippen molar-refractivity contribution < 1.29 is 9.53 Å². The Bertz CT molecular complexity index is 806. The second-order valence-electron chi connectivity index (χ2n) is 6.77. The van der Waals surface area contributed by atoms with E-state index < -0.39 is 0 Å². The van der Waals surface area contributed by atoms with Crippen LogP contribution in [0.4, 0.5) is 5.95 Å². The van der Waals surface area contributed by atoms with E-state index in [1.807, 2.05) is 18.2 Å². The number of halogens is 1. The molecule has 0 unspecified atom stereocenters. The zero-order chi connectivity index (χ0) is 19.4. The van der Waals surface area contributed by atoms with Crippen molar-refractivity contribution in [1.82, 2.24) is 14.9 Å². The Morgan fingerprint density at radius 2 is 2.00 bits per heavy atom. The molecule has 0 spiro atoms. The van der Waals surface area contributed by atoms with E-state index in [0.29, 0.717) is 29.5 Å². The fourth-order valence-corrected chi connectivity index (χ4v) is 2.95. The zero-order valence-electron chi connectivity index (χ0n) is 15.8. The van der Waals surface area contributed by atoms with Gasteiger partial charge in [-0.1, -0.05) is 13.8 Å². The fraction of sp³-hybridized carbons (Fsp3) is 0.421. The van der Waals surface area contributed by atoms with Crippen molar-refractivity contribution in [3.8, 4) is 17.0 Å². The number of aromatic nitrogens is 2. The predicted molar refractivity (Wildman–Crippen MR) is 107 cm³/mol. The van der Waals surface area contributed by atoms with Crippen LogP contribution >= 0.6 is 15.9 Å². The number of nitrogens with two attached hydrogens (primary N) is 1. The third-order valence-corrected chi connectivity index (χ3v) is 4.51.